The summed E-state index contributed by atoms with van der Waals surface area (Å²) < 4.78 is 47.3. The monoisotopic (exact) mass is 592 g/mol. The lowest BCUT2D eigenvalue weighted by Crippen LogP contribution is -2.49. The van der Waals surface area contributed by atoms with Crippen molar-refractivity contribution in [3.8, 4) is 5.75 Å². The summed E-state index contributed by atoms with van der Waals surface area (Å²) in [6.07, 6.45) is 6.52. The van der Waals surface area contributed by atoms with E-state index in [1.807, 2.05) is 41.1 Å². The molecule has 39 heavy (non-hydrogen) atoms. The van der Waals surface area contributed by atoms with Crippen LogP contribution in [0, 0.1) is 0 Å². The van der Waals surface area contributed by atoms with Crippen molar-refractivity contribution in [1.29, 1.82) is 0 Å². The van der Waals surface area contributed by atoms with Crippen LogP contribution in [0.1, 0.15) is 18.4 Å². The van der Waals surface area contributed by atoms with Gasteiger partial charge in [0.1, 0.15) is 18.5 Å². The molecule has 2 saturated heterocycles. The lowest BCUT2D eigenvalue weighted by atomic mass is 10.1. The van der Waals surface area contributed by atoms with Crippen LogP contribution in [0.15, 0.2) is 61.2 Å². The number of piperazine rings is 1. The third-order valence-electron chi connectivity index (χ3n) is 7.33. The lowest BCUT2D eigenvalue weighted by molar-refractivity contribution is -0.189. The summed E-state index contributed by atoms with van der Waals surface area (Å²) in [6.45, 7) is 3.39. The number of aromatic nitrogens is 2. The predicted molar refractivity (Wildman–Crippen MR) is 149 cm³/mol. The number of ether oxygens (including phenoxy) is 3. The van der Waals surface area contributed by atoms with Crippen molar-refractivity contribution in [1.82, 2.24) is 13.9 Å². The van der Waals surface area contributed by atoms with Gasteiger partial charge in [0.05, 0.1) is 29.8 Å². The maximum Gasteiger partial charge on any atom is 0.217 e. The number of benzene rings is 2. The van der Waals surface area contributed by atoms with Crippen LogP contribution in [0.5, 0.6) is 5.75 Å². The standard InChI is InChI=1S/C27H30Cl2N4O5S/c28-20-1-8-25(26(29)15-20)27(18-31-10-9-30-19-31)37-17-23(38-27)16-36-22-4-2-21(3-5-22)32-11-13-33(14-12-32)39(34,35)24-6-7-24/h1-5,8-10,15,19,23-24H,6-7,11-14,16-18H2/t23-,27+/m1/s1. The highest BCUT2D eigenvalue weighted by Crippen LogP contribution is 2.40. The Hall–Kier alpha value is -2.34. The molecule has 3 heterocycles. The predicted octanol–water partition coefficient (Wildman–Crippen LogP) is 4.15. The molecule has 0 N–H and O–H groups in total. The maximum absolute atomic E-state index is 12.5. The molecule has 3 fully saturated rings. The van der Waals surface area contributed by atoms with E-state index < -0.39 is 15.8 Å². The summed E-state index contributed by atoms with van der Waals surface area (Å²) in [5, 5.41) is 0.840. The van der Waals surface area contributed by atoms with E-state index >= 15 is 0 Å². The average molecular weight is 594 g/mol. The van der Waals surface area contributed by atoms with E-state index in [-0.39, 0.29) is 11.4 Å². The molecule has 1 aliphatic carbocycles. The van der Waals surface area contributed by atoms with Gasteiger partial charge < -0.3 is 23.7 Å². The fourth-order valence-electron chi connectivity index (χ4n) is 5.10. The highest BCUT2D eigenvalue weighted by Gasteiger charge is 2.45. The van der Waals surface area contributed by atoms with Crippen molar-refractivity contribution in [2.24, 2.45) is 0 Å². The highest BCUT2D eigenvalue weighted by atomic mass is 35.5. The minimum absolute atomic E-state index is 0.158. The zero-order chi connectivity index (χ0) is 27.0. The molecule has 3 aromatic rings. The van der Waals surface area contributed by atoms with Gasteiger partial charge >= 0.3 is 0 Å². The van der Waals surface area contributed by atoms with Crippen LogP contribution in [0.4, 0.5) is 5.69 Å². The van der Waals surface area contributed by atoms with Crippen LogP contribution in [-0.2, 0) is 31.8 Å². The number of rotatable bonds is 9. The van der Waals surface area contributed by atoms with E-state index in [0.29, 0.717) is 67.3 Å². The second-order valence-electron chi connectivity index (χ2n) is 10.1. The normalized spacial score (nSPS) is 24.3. The molecule has 208 valence electrons. The van der Waals surface area contributed by atoms with Gasteiger partial charge in [0.15, 0.2) is 0 Å². The van der Waals surface area contributed by atoms with Crippen molar-refractivity contribution in [3.05, 3.63) is 76.8 Å². The van der Waals surface area contributed by atoms with Crippen LogP contribution in [-0.4, -0.2) is 73.0 Å². The van der Waals surface area contributed by atoms with Crippen LogP contribution in [0.3, 0.4) is 0 Å². The molecular formula is C27H30Cl2N4O5S. The Kier molecular flexibility index (Phi) is 7.51. The minimum Gasteiger partial charge on any atom is -0.491 e. The highest BCUT2D eigenvalue weighted by molar-refractivity contribution is 7.90. The van der Waals surface area contributed by atoms with Gasteiger partial charge in [0.25, 0.3) is 0 Å². The Morgan fingerprint density at radius 1 is 1.05 bits per heavy atom. The van der Waals surface area contributed by atoms with E-state index in [1.54, 1.807) is 29.0 Å². The molecule has 1 saturated carbocycles. The molecule has 0 amide bonds. The molecule has 6 rings (SSSR count). The number of halogens is 2. The number of imidazole rings is 1. The Balaban J connectivity index is 1.06. The first-order valence-corrected chi connectivity index (χ1v) is 15.3. The van der Waals surface area contributed by atoms with E-state index in [4.69, 9.17) is 37.4 Å². The Bertz CT molecular complexity index is 1390. The van der Waals surface area contributed by atoms with Crippen LogP contribution in [0.2, 0.25) is 10.0 Å². The number of anilines is 1. The minimum atomic E-state index is -3.12. The molecule has 2 atom stereocenters. The molecule has 0 radical (unpaired) electrons. The smallest absolute Gasteiger partial charge is 0.217 e. The van der Waals surface area contributed by atoms with Crippen LogP contribution in [0.25, 0.3) is 0 Å². The fourth-order valence-corrected chi connectivity index (χ4v) is 7.47. The third-order valence-corrected chi connectivity index (χ3v) is 10.3. The van der Waals surface area contributed by atoms with E-state index in [2.05, 4.69) is 9.88 Å². The Labute approximate surface area is 238 Å². The molecule has 0 spiro atoms. The van der Waals surface area contributed by atoms with Gasteiger partial charge in [-0.2, -0.15) is 4.31 Å². The quantitative estimate of drug-likeness (QED) is 0.369. The summed E-state index contributed by atoms with van der Waals surface area (Å²) in [5.41, 5.74) is 1.74. The van der Waals surface area contributed by atoms with Crippen molar-refractivity contribution in [2.75, 3.05) is 44.3 Å². The second kappa shape index (κ2) is 10.9. The van der Waals surface area contributed by atoms with E-state index in [9.17, 15) is 8.42 Å². The van der Waals surface area contributed by atoms with Gasteiger partial charge in [-0.05, 0) is 49.2 Å². The summed E-state index contributed by atoms with van der Waals surface area (Å²) in [5.74, 6) is -0.385. The summed E-state index contributed by atoms with van der Waals surface area (Å²) in [4.78, 5) is 6.33. The summed E-state index contributed by atoms with van der Waals surface area (Å²) in [7, 11) is -3.12. The molecule has 1 aromatic heterocycles. The zero-order valence-electron chi connectivity index (χ0n) is 21.3. The van der Waals surface area contributed by atoms with Gasteiger partial charge in [0, 0.05) is 54.8 Å². The third kappa shape index (κ3) is 5.77. The van der Waals surface area contributed by atoms with E-state index in [0.717, 1.165) is 18.5 Å². The first kappa shape index (κ1) is 26.9. The summed E-state index contributed by atoms with van der Waals surface area (Å²) >= 11 is 12.7. The topological polar surface area (TPSA) is 86.1 Å². The first-order chi connectivity index (χ1) is 18.8. The van der Waals surface area contributed by atoms with Gasteiger partial charge in [-0.25, -0.2) is 13.4 Å². The van der Waals surface area contributed by atoms with Crippen LogP contribution < -0.4 is 9.64 Å². The van der Waals surface area contributed by atoms with Crippen molar-refractivity contribution < 1.29 is 22.6 Å². The van der Waals surface area contributed by atoms with Gasteiger partial charge in [-0.15, -0.1) is 0 Å². The van der Waals surface area contributed by atoms with Crippen molar-refractivity contribution in [2.45, 2.75) is 36.5 Å². The Morgan fingerprint density at radius 3 is 2.49 bits per heavy atom. The van der Waals surface area contributed by atoms with Crippen LogP contribution >= 0.6 is 23.2 Å². The fraction of sp³-hybridized carbons (Fsp3) is 0.444. The molecule has 0 unspecified atom stereocenters. The molecule has 0 bridgehead atoms. The van der Waals surface area contributed by atoms with Gasteiger partial charge in [-0.1, -0.05) is 29.3 Å². The van der Waals surface area contributed by atoms with Crippen molar-refractivity contribution in [3.63, 3.8) is 0 Å². The largest absolute Gasteiger partial charge is 0.491 e. The number of nitrogens with zero attached hydrogens (tertiary/aromatic N) is 4. The van der Waals surface area contributed by atoms with Gasteiger partial charge in [-0.3, -0.25) is 0 Å². The number of sulfonamides is 1. The van der Waals surface area contributed by atoms with Crippen molar-refractivity contribution >= 4 is 38.9 Å². The maximum atomic E-state index is 12.5. The molecule has 12 heteroatoms. The molecular weight excluding hydrogens is 563 g/mol. The zero-order valence-corrected chi connectivity index (χ0v) is 23.6. The first-order valence-electron chi connectivity index (χ1n) is 13.0. The molecule has 9 nitrogen and oxygen atoms in total. The summed E-state index contributed by atoms with van der Waals surface area (Å²) in [6, 6.07) is 13.1. The molecule has 2 aliphatic heterocycles. The number of hydrogen-bond donors (Lipinski definition) is 0. The second-order valence-corrected chi connectivity index (χ2v) is 13.2. The molecule has 2 aromatic carbocycles. The van der Waals surface area contributed by atoms with Gasteiger partial charge in [0.2, 0.25) is 15.8 Å². The molecule has 3 aliphatic rings. The number of hydrogen-bond acceptors (Lipinski definition) is 7. The average Bonchev–Trinajstić information content (AvgIpc) is 3.55. The lowest BCUT2D eigenvalue weighted by Gasteiger charge is -2.35. The van der Waals surface area contributed by atoms with E-state index in [1.165, 1.54) is 0 Å². The Morgan fingerprint density at radius 2 is 1.82 bits per heavy atom. The SMILES string of the molecule is O=S(=O)(C1CC1)N1CCN(c2ccc(OC[C@@H]3CO[C@](Cn4ccnc4)(c4ccc(Cl)cc4Cl)O3)cc2)CC1.